The number of methoxy groups -OCH3 is 6. The molecular formula is C26H30O12. The van der Waals surface area contributed by atoms with Gasteiger partial charge in [0.2, 0.25) is 11.5 Å². The molecule has 1 atom stereocenters. The molecule has 0 N–H and O–H groups in total. The van der Waals surface area contributed by atoms with E-state index in [1.807, 2.05) is 6.42 Å². The highest BCUT2D eigenvalue weighted by atomic mass is 17.2. The predicted molar refractivity (Wildman–Crippen MR) is 130 cm³/mol. The third-order valence-electron chi connectivity index (χ3n) is 5.60. The van der Waals surface area contributed by atoms with E-state index in [1.54, 1.807) is 0 Å². The van der Waals surface area contributed by atoms with E-state index in [2.05, 4.69) is 0 Å². The number of ether oxygens (including phenoxy) is 6. The summed E-state index contributed by atoms with van der Waals surface area (Å²) < 4.78 is 31.6. The Labute approximate surface area is 220 Å². The molecule has 0 aliphatic heterocycles. The topological polar surface area (TPSA) is 126 Å². The van der Waals surface area contributed by atoms with Gasteiger partial charge in [0.05, 0.1) is 53.8 Å². The monoisotopic (exact) mass is 534 g/mol. The quantitative estimate of drug-likeness (QED) is 0.289. The van der Waals surface area contributed by atoms with Crippen molar-refractivity contribution in [3.05, 3.63) is 47.9 Å². The number of rotatable bonds is 12. The van der Waals surface area contributed by atoms with E-state index in [9.17, 15) is 9.59 Å². The van der Waals surface area contributed by atoms with E-state index in [0.29, 0.717) is 30.8 Å². The van der Waals surface area contributed by atoms with E-state index < -0.39 is 18.0 Å². The van der Waals surface area contributed by atoms with Crippen LogP contribution in [0.5, 0.6) is 34.5 Å². The zero-order chi connectivity index (χ0) is 27.7. The first-order valence-corrected chi connectivity index (χ1v) is 11.4. The van der Waals surface area contributed by atoms with Gasteiger partial charge in [-0.1, -0.05) is 0 Å². The zero-order valence-corrected chi connectivity index (χ0v) is 22.0. The molecule has 3 rings (SSSR count). The lowest BCUT2D eigenvalue weighted by atomic mass is 9.95. The highest BCUT2D eigenvalue weighted by molar-refractivity contribution is 5.91. The number of hydrogen-bond acceptors (Lipinski definition) is 12. The fourth-order valence-corrected chi connectivity index (χ4v) is 3.68. The van der Waals surface area contributed by atoms with Crippen LogP contribution in [0.4, 0.5) is 0 Å². The van der Waals surface area contributed by atoms with Gasteiger partial charge in [0.15, 0.2) is 29.1 Å². The lowest BCUT2D eigenvalue weighted by Gasteiger charge is -2.26. The maximum Gasteiger partial charge on any atom is 0.373 e. The fourth-order valence-electron chi connectivity index (χ4n) is 3.68. The fraction of sp³-hybridized carbons (Fsp3) is 0.385. The predicted octanol–water partition coefficient (Wildman–Crippen LogP) is 3.90. The maximum atomic E-state index is 12.7. The molecule has 12 nitrogen and oxygen atoms in total. The van der Waals surface area contributed by atoms with Crippen LogP contribution in [-0.2, 0) is 19.6 Å². The Balaban J connectivity index is 1.65. The van der Waals surface area contributed by atoms with Gasteiger partial charge in [-0.05, 0) is 49.9 Å². The Morgan fingerprint density at radius 3 is 1.53 bits per heavy atom. The van der Waals surface area contributed by atoms with Crippen molar-refractivity contribution in [2.75, 3.05) is 42.7 Å². The van der Waals surface area contributed by atoms with Gasteiger partial charge in [0.1, 0.15) is 6.10 Å². The summed E-state index contributed by atoms with van der Waals surface area (Å²) in [6.07, 6.45) is 2.80. The Kier molecular flexibility index (Phi) is 10.3. The van der Waals surface area contributed by atoms with Crippen LogP contribution in [0, 0.1) is 12.5 Å². The summed E-state index contributed by atoms with van der Waals surface area (Å²) >= 11 is 0. The summed E-state index contributed by atoms with van der Waals surface area (Å²) in [5.74, 6) is 0.151. The van der Waals surface area contributed by atoms with E-state index in [-0.39, 0.29) is 40.2 Å². The summed E-state index contributed by atoms with van der Waals surface area (Å²) in [5, 5.41) is 0. The van der Waals surface area contributed by atoms with Crippen LogP contribution in [0.1, 0.15) is 40.0 Å². The minimum absolute atomic E-state index is 0.105. The number of carbonyl (C=O) groups is 2. The van der Waals surface area contributed by atoms with Crippen molar-refractivity contribution in [3.63, 3.8) is 0 Å². The number of carbonyl (C=O) groups excluding carboxylic acids is 2. The first-order valence-electron chi connectivity index (χ1n) is 11.4. The van der Waals surface area contributed by atoms with Gasteiger partial charge >= 0.3 is 11.9 Å². The molecule has 12 heteroatoms. The standard InChI is InChI=1S/C26H30O12/c1-29-19-11-15(12-20(30-2)23(19)33-5)25(27)37-35-17-9-7-8-10-18(17)36-38-26(28)16-13-21(31-3)24(34-6)22(14-16)32-4/h7,11-14,17H,8-10H2,1-6H3. The van der Waals surface area contributed by atoms with E-state index >= 15 is 0 Å². The second-order valence-electron chi connectivity index (χ2n) is 7.77. The van der Waals surface area contributed by atoms with Crippen molar-refractivity contribution in [1.82, 2.24) is 0 Å². The molecule has 1 aliphatic rings. The van der Waals surface area contributed by atoms with Crippen LogP contribution in [0.15, 0.2) is 24.3 Å². The molecule has 0 heterocycles. The summed E-state index contributed by atoms with van der Waals surface area (Å²) in [6.45, 7) is 0. The van der Waals surface area contributed by atoms with Crippen molar-refractivity contribution < 1.29 is 57.6 Å². The lowest BCUT2D eigenvalue weighted by molar-refractivity contribution is -0.317. The summed E-state index contributed by atoms with van der Waals surface area (Å²) in [6, 6.07) is 5.72. The first kappa shape index (κ1) is 28.7. The molecule has 2 radical (unpaired) electrons. The van der Waals surface area contributed by atoms with Crippen LogP contribution >= 0.6 is 0 Å². The number of benzene rings is 2. The SMILES string of the molecule is COc1cc(C(=O)OO[C]2CC[CH]CC2OOC(=O)c2cc(OC)c(OC)c(OC)c2)cc(OC)c1OC. The van der Waals surface area contributed by atoms with Gasteiger partial charge < -0.3 is 28.4 Å². The van der Waals surface area contributed by atoms with E-state index in [0.717, 1.165) is 0 Å². The molecule has 206 valence electrons. The Morgan fingerprint density at radius 2 is 1.11 bits per heavy atom. The highest BCUT2D eigenvalue weighted by Gasteiger charge is 2.33. The van der Waals surface area contributed by atoms with Crippen molar-refractivity contribution in [1.29, 1.82) is 0 Å². The average Bonchev–Trinajstić information content (AvgIpc) is 2.97. The van der Waals surface area contributed by atoms with Crippen molar-refractivity contribution in [2.45, 2.75) is 25.4 Å². The molecule has 38 heavy (non-hydrogen) atoms. The van der Waals surface area contributed by atoms with Gasteiger partial charge in [-0.3, -0.25) is 9.78 Å². The normalized spacial score (nSPS) is 15.3. The summed E-state index contributed by atoms with van der Waals surface area (Å²) in [5.41, 5.74) is 0.212. The minimum Gasteiger partial charge on any atom is -0.493 e. The lowest BCUT2D eigenvalue weighted by Crippen LogP contribution is -2.30. The highest BCUT2D eigenvalue weighted by Crippen LogP contribution is 2.40. The molecular weight excluding hydrogens is 504 g/mol. The molecule has 1 saturated carbocycles. The molecule has 0 amide bonds. The Hall–Kier alpha value is -3.90. The van der Waals surface area contributed by atoms with E-state index in [1.165, 1.54) is 66.9 Å². The van der Waals surface area contributed by atoms with Gasteiger partial charge in [0.25, 0.3) is 0 Å². The molecule has 0 saturated heterocycles. The molecule has 2 aromatic rings. The number of hydrogen-bond donors (Lipinski definition) is 0. The third kappa shape index (κ3) is 6.50. The minimum atomic E-state index is -0.806. The molecule has 0 aromatic heterocycles. The van der Waals surface area contributed by atoms with Gasteiger partial charge in [-0.2, -0.15) is 9.78 Å². The molecule has 1 unspecified atom stereocenters. The molecule has 0 spiro atoms. The van der Waals surface area contributed by atoms with Crippen molar-refractivity contribution in [3.8, 4) is 34.5 Å². The largest absolute Gasteiger partial charge is 0.493 e. The third-order valence-corrected chi connectivity index (χ3v) is 5.60. The van der Waals surface area contributed by atoms with Crippen LogP contribution in [0.3, 0.4) is 0 Å². The summed E-state index contributed by atoms with van der Waals surface area (Å²) in [7, 11) is 8.62. The van der Waals surface area contributed by atoms with Crippen LogP contribution < -0.4 is 28.4 Å². The van der Waals surface area contributed by atoms with E-state index in [4.69, 9.17) is 48.0 Å². The van der Waals surface area contributed by atoms with Gasteiger partial charge in [-0.25, -0.2) is 9.59 Å². The average molecular weight is 535 g/mol. The van der Waals surface area contributed by atoms with Gasteiger partial charge in [-0.15, -0.1) is 0 Å². The summed E-state index contributed by atoms with van der Waals surface area (Å²) in [4.78, 5) is 46.1. The van der Waals surface area contributed by atoms with Crippen molar-refractivity contribution >= 4 is 11.9 Å². The van der Waals surface area contributed by atoms with Gasteiger partial charge in [0, 0.05) is 0 Å². The Bertz CT molecular complexity index is 978. The zero-order valence-electron chi connectivity index (χ0n) is 22.0. The van der Waals surface area contributed by atoms with Crippen LogP contribution in [-0.4, -0.2) is 60.7 Å². The molecule has 1 aliphatic carbocycles. The molecule has 1 fully saturated rings. The van der Waals surface area contributed by atoms with Crippen LogP contribution in [0.25, 0.3) is 0 Å². The maximum absolute atomic E-state index is 12.7. The smallest absolute Gasteiger partial charge is 0.373 e. The molecule has 0 bridgehead atoms. The van der Waals surface area contributed by atoms with Crippen molar-refractivity contribution in [2.24, 2.45) is 0 Å². The second-order valence-corrected chi connectivity index (χ2v) is 7.77. The van der Waals surface area contributed by atoms with Crippen LogP contribution in [0.2, 0.25) is 0 Å². The first-order chi connectivity index (χ1) is 18.4. The Morgan fingerprint density at radius 1 is 0.658 bits per heavy atom. The molecule has 2 aromatic carbocycles. The second kappa shape index (κ2) is 13.6.